The molecule has 0 saturated carbocycles. The van der Waals surface area contributed by atoms with Crippen molar-refractivity contribution in [3.05, 3.63) is 75.7 Å². The lowest BCUT2D eigenvalue weighted by molar-refractivity contribution is 0.248. The molecule has 3 aromatic rings. The number of hydrogen-bond acceptors (Lipinski definition) is 6. The Labute approximate surface area is 208 Å². The van der Waals surface area contributed by atoms with Gasteiger partial charge in [0, 0.05) is 11.3 Å². The van der Waals surface area contributed by atoms with Crippen LogP contribution in [0.15, 0.2) is 53.3 Å². The molecule has 0 heterocycles. The van der Waals surface area contributed by atoms with Crippen molar-refractivity contribution in [2.75, 3.05) is 33.8 Å². The van der Waals surface area contributed by atoms with Crippen molar-refractivity contribution in [1.29, 1.82) is 0 Å². The highest BCUT2D eigenvalue weighted by molar-refractivity contribution is 5.90. The van der Waals surface area contributed by atoms with Crippen LogP contribution in [-0.4, -0.2) is 34.5 Å². The molecule has 8 nitrogen and oxygen atoms in total. The van der Waals surface area contributed by atoms with E-state index >= 15 is 0 Å². The number of halogens is 1. The summed E-state index contributed by atoms with van der Waals surface area (Å²) in [6.45, 7) is 0. The summed E-state index contributed by atoms with van der Waals surface area (Å²) in [4.78, 5) is 25.8. The molecule has 2 amide bonds. The van der Waals surface area contributed by atoms with Crippen molar-refractivity contribution in [2.24, 2.45) is 0 Å². The zero-order valence-electron chi connectivity index (χ0n) is 20.4. The van der Waals surface area contributed by atoms with E-state index < -0.39 is 17.9 Å². The van der Waals surface area contributed by atoms with Gasteiger partial charge >= 0.3 is 6.03 Å². The molecular formula is C27H27FN2O6. The van der Waals surface area contributed by atoms with E-state index in [9.17, 15) is 14.0 Å². The van der Waals surface area contributed by atoms with Crippen LogP contribution in [-0.2, 0) is 6.42 Å². The van der Waals surface area contributed by atoms with E-state index in [2.05, 4.69) is 10.6 Å². The van der Waals surface area contributed by atoms with Gasteiger partial charge in [-0.2, -0.15) is 0 Å². The number of amides is 2. The first-order chi connectivity index (χ1) is 17.4. The van der Waals surface area contributed by atoms with E-state index in [0.717, 1.165) is 11.1 Å². The topological polar surface area (TPSA) is 95.1 Å². The first kappa shape index (κ1) is 24.8. The number of carbonyl (C=O) groups excluding carboxylic acids is 1. The van der Waals surface area contributed by atoms with Gasteiger partial charge in [-0.05, 0) is 72.0 Å². The van der Waals surface area contributed by atoms with Gasteiger partial charge in [0.25, 0.3) is 0 Å². The van der Waals surface area contributed by atoms with Crippen LogP contribution in [0.1, 0.15) is 23.6 Å². The quantitative estimate of drug-likeness (QED) is 0.516. The Morgan fingerprint density at radius 3 is 2.22 bits per heavy atom. The number of anilines is 1. The van der Waals surface area contributed by atoms with Crippen LogP contribution in [0.25, 0.3) is 11.1 Å². The maximum absolute atomic E-state index is 13.2. The van der Waals surface area contributed by atoms with E-state index in [4.69, 9.17) is 18.9 Å². The number of rotatable bonds is 6. The lowest BCUT2D eigenvalue weighted by Crippen LogP contribution is -2.33. The van der Waals surface area contributed by atoms with Gasteiger partial charge in [0.15, 0.2) is 17.2 Å². The van der Waals surface area contributed by atoms with E-state index in [0.29, 0.717) is 46.9 Å². The zero-order chi connectivity index (χ0) is 25.8. The maximum Gasteiger partial charge on any atom is 0.319 e. The molecule has 0 bridgehead atoms. The normalized spacial score (nSPS) is 14.0. The van der Waals surface area contributed by atoms with Gasteiger partial charge in [-0.15, -0.1) is 0 Å². The fourth-order valence-corrected chi connectivity index (χ4v) is 4.48. The van der Waals surface area contributed by atoms with Crippen LogP contribution in [0, 0.1) is 5.82 Å². The molecule has 9 heteroatoms. The van der Waals surface area contributed by atoms with E-state index in [1.54, 1.807) is 19.2 Å². The molecule has 1 aliphatic carbocycles. The Bertz CT molecular complexity index is 1340. The van der Waals surface area contributed by atoms with Gasteiger partial charge in [0.05, 0.1) is 34.5 Å². The number of hydrogen-bond donors (Lipinski definition) is 2. The van der Waals surface area contributed by atoms with Gasteiger partial charge in [0.2, 0.25) is 11.2 Å². The summed E-state index contributed by atoms with van der Waals surface area (Å²) in [6, 6.07) is 11.2. The van der Waals surface area contributed by atoms with Gasteiger partial charge in [-0.3, -0.25) is 4.79 Å². The van der Waals surface area contributed by atoms with Crippen LogP contribution in [0.5, 0.6) is 23.0 Å². The van der Waals surface area contributed by atoms with Crippen molar-refractivity contribution in [1.82, 2.24) is 5.32 Å². The summed E-state index contributed by atoms with van der Waals surface area (Å²) in [7, 11) is 6.04. The van der Waals surface area contributed by atoms with E-state index in [-0.39, 0.29) is 11.2 Å². The van der Waals surface area contributed by atoms with E-state index in [1.807, 2.05) is 6.07 Å². The Balaban J connectivity index is 1.85. The molecule has 0 spiro atoms. The highest BCUT2D eigenvalue weighted by Crippen LogP contribution is 2.50. The van der Waals surface area contributed by atoms with Crippen molar-refractivity contribution in [3.8, 4) is 34.1 Å². The molecule has 0 saturated heterocycles. The highest BCUT2D eigenvalue weighted by atomic mass is 19.1. The minimum Gasteiger partial charge on any atom is -0.493 e. The fourth-order valence-electron chi connectivity index (χ4n) is 4.48. The molecule has 0 radical (unpaired) electrons. The molecule has 0 aromatic heterocycles. The highest BCUT2D eigenvalue weighted by Gasteiger charge is 2.30. The molecule has 0 unspecified atom stereocenters. The minimum atomic E-state index is -0.528. The first-order valence-corrected chi connectivity index (χ1v) is 11.3. The number of nitrogens with one attached hydrogen (secondary N) is 2. The number of ether oxygens (including phenoxy) is 4. The summed E-state index contributed by atoms with van der Waals surface area (Å²) in [6.07, 6.45) is 1.04. The van der Waals surface area contributed by atoms with Crippen LogP contribution < -0.4 is 35.0 Å². The maximum atomic E-state index is 13.2. The fraction of sp³-hybridized carbons (Fsp3) is 0.259. The van der Waals surface area contributed by atoms with Crippen LogP contribution in [0.3, 0.4) is 0 Å². The lowest BCUT2D eigenvalue weighted by atomic mass is 9.95. The summed E-state index contributed by atoms with van der Waals surface area (Å²) >= 11 is 0. The van der Waals surface area contributed by atoms with Gasteiger partial charge in [0.1, 0.15) is 5.82 Å². The number of fused-ring (bicyclic) bond motifs is 3. The van der Waals surface area contributed by atoms with Crippen LogP contribution >= 0.6 is 0 Å². The molecule has 0 aliphatic heterocycles. The van der Waals surface area contributed by atoms with Crippen LogP contribution in [0.4, 0.5) is 14.9 Å². The average molecular weight is 495 g/mol. The number of benzene rings is 2. The predicted octanol–water partition coefficient (Wildman–Crippen LogP) is 4.70. The Morgan fingerprint density at radius 2 is 1.58 bits per heavy atom. The lowest BCUT2D eigenvalue weighted by Gasteiger charge is -2.20. The number of methoxy groups -OCH3 is 4. The second-order valence-corrected chi connectivity index (χ2v) is 8.16. The van der Waals surface area contributed by atoms with Crippen molar-refractivity contribution in [2.45, 2.75) is 18.9 Å². The van der Waals surface area contributed by atoms with Crippen LogP contribution in [0.2, 0.25) is 0 Å². The SMILES string of the molecule is COc1cc2c(c(OC)c1OC)-c1ccc(OC)c(=O)cc1[C@@H](NC(=O)Nc1ccc(F)cc1)CC2. The third-order valence-electron chi connectivity index (χ3n) is 6.13. The van der Waals surface area contributed by atoms with Crippen molar-refractivity contribution >= 4 is 11.7 Å². The smallest absolute Gasteiger partial charge is 0.319 e. The summed E-state index contributed by atoms with van der Waals surface area (Å²) in [5.74, 6) is 1.16. The third-order valence-corrected chi connectivity index (χ3v) is 6.13. The third kappa shape index (κ3) is 4.77. The monoisotopic (exact) mass is 494 g/mol. The molecule has 4 rings (SSSR count). The molecule has 2 N–H and O–H groups in total. The van der Waals surface area contributed by atoms with Gasteiger partial charge in [-0.1, -0.05) is 6.07 Å². The summed E-state index contributed by atoms with van der Waals surface area (Å²) in [5.41, 5.74) is 3.05. The van der Waals surface area contributed by atoms with Gasteiger partial charge < -0.3 is 29.6 Å². The first-order valence-electron chi connectivity index (χ1n) is 11.3. The molecule has 36 heavy (non-hydrogen) atoms. The standard InChI is InChI=1S/C27H27FN2O6/c1-33-22-12-10-18-19(14-21(22)31)20(30-27(32)29-17-8-6-16(28)7-9-17)11-5-15-13-23(34-2)25(35-3)26(36-4)24(15)18/h6-10,12-14,20H,5,11H2,1-4H3,(H2,29,30,32)/t20-/m0/s1. The second-order valence-electron chi connectivity index (χ2n) is 8.16. The molecule has 1 aliphatic rings. The molecule has 0 fully saturated rings. The van der Waals surface area contributed by atoms with Crippen molar-refractivity contribution < 1.29 is 28.1 Å². The van der Waals surface area contributed by atoms with Gasteiger partial charge in [-0.25, -0.2) is 9.18 Å². The number of carbonyl (C=O) groups is 1. The Hall–Kier alpha value is -4.27. The molecule has 3 aromatic carbocycles. The Morgan fingerprint density at radius 1 is 0.889 bits per heavy atom. The molecular weight excluding hydrogens is 467 g/mol. The molecule has 1 atom stereocenters. The second kappa shape index (κ2) is 10.6. The summed E-state index contributed by atoms with van der Waals surface area (Å²) in [5, 5.41) is 5.67. The summed E-state index contributed by atoms with van der Waals surface area (Å²) < 4.78 is 35.4. The number of urea groups is 1. The minimum absolute atomic E-state index is 0.165. The Kier molecular flexibility index (Phi) is 7.28. The van der Waals surface area contributed by atoms with E-state index in [1.165, 1.54) is 51.7 Å². The average Bonchev–Trinajstić information content (AvgIpc) is 3.12. The zero-order valence-corrected chi connectivity index (χ0v) is 20.4. The largest absolute Gasteiger partial charge is 0.493 e. The molecule has 188 valence electrons. The van der Waals surface area contributed by atoms with Crippen molar-refractivity contribution in [3.63, 3.8) is 0 Å². The predicted molar refractivity (Wildman–Crippen MR) is 134 cm³/mol. The number of aryl methyl sites for hydroxylation is 1.